The Kier molecular flexibility index (Phi) is 6.18. The molecule has 1 aromatic heterocycles. The van der Waals surface area contributed by atoms with Crippen molar-refractivity contribution >= 4 is 17.5 Å². The van der Waals surface area contributed by atoms with Gasteiger partial charge in [0.25, 0.3) is 11.8 Å². The van der Waals surface area contributed by atoms with Gasteiger partial charge in [-0.05, 0) is 44.7 Å². The predicted octanol–water partition coefficient (Wildman–Crippen LogP) is 2.50. The molecular formula is C23H28F3N7O2. The van der Waals surface area contributed by atoms with Gasteiger partial charge in [-0.25, -0.2) is 10.4 Å². The highest BCUT2D eigenvalue weighted by Gasteiger charge is 2.58. The number of anilines is 1. The zero-order chi connectivity index (χ0) is 24.7. The fourth-order valence-electron chi connectivity index (χ4n) is 5.32. The van der Waals surface area contributed by atoms with Crippen LogP contribution in [-0.2, 0) is 4.79 Å². The molecule has 4 unspecified atom stereocenters. The fraction of sp³-hybridized carbons (Fsp3) is 0.522. The molecule has 188 valence electrons. The van der Waals surface area contributed by atoms with Gasteiger partial charge in [0.05, 0.1) is 5.92 Å². The summed E-state index contributed by atoms with van der Waals surface area (Å²) in [5.74, 6) is -1.72. The number of fused-ring (bicyclic) bond motifs is 1. The van der Waals surface area contributed by atoms with Crippen molar-refractivity contribution in [3.63, 3.8) is 0 Å². The lowest BCUT2D eigenvalue weighted by Gasteiger charge is -2.34. The van der Waals surface area contributed by atoms with Crippen LogP contribution in [0.25, 0.3) is 5.57 Å². The van der Waals surface area contributed by atoms with Crippen LogP contribution in [0.2, 0.25) is 0 Å². The second kappa shape index (κ2) is 9.15. The molecule has 0 spiro atoms. The summed E-state index contributed by atoms with van der Waals surface area (Å²) >= 11 is 0. The second-order valence-corrected chi connectivity index (χ2v) is 9.16. The number of halogens is 3. The standard InChI is InChI=1S/C23H28F3N7O2/c1-13-16(20-29-30-22(35-20)32-12-6-5-9-15(32)10-11-27)21(34)33-19(28-13)17(14-7-3-2-4-8-14)18(31-33)23(24,25)26/h2-4,7-8,15,17-19,28,31H,5-6,9-12,27H2,1H3. The molecule has 0 aliphatic carbocycles. The van der Waals surface area contributed by atoms with Crippen molar-refractivity contribution in [2.24, 2.45) is 5.73 Å². The third-order valence-electron chi connectivity index (χ3n) is 6.97. The van der Waals surface area contributed by atoms with Gasteiger partial charge in [0, 0.05) is 18.3 Å². The highest BCUT2D eigenvalue weighted by Crippen LogP contribution is 2.42. The smallest absolute Gasteiger partial charge is 0.403 e. The van der Waals surface area contributed by atoms with Crippen molar-refractivity contribution in [2.45, 2.75) is 63.0 Å². The molecule has 3 aliphatic heterocycles. The number of alkyl halides is 3. The number of carbonyl (C=O) groups excluding carboxylic acids is 1. The van der Waals surface area contributed by atoms with Gasteiger partial charge in [0.1, 0.15) is 17.8 Å². The Hall–Kier alpha value is -3.12. The number of allylic oxidation sites excluding steroid dienone is 1. The van der Waals surface area contributed by atoms with E-state index in [0.29, 0.717) is 17.8 Å². The van der Waals surface area contributed by atoms with E-state index in [9.17, 15) is 18.0 Å². The number of nitrogens with two attached hydrogens (primary N) is 1. The van der Waals surface area contributed by atoms with Crippen LogP contribution < -0.4 is 21.4 Å². The van der Waals surface area contributed by atoms with Crippen molar-refractivity contribution in [1.29, 1.82) is 0 Å². The Bertz CT molecular complexity index is 1100. The van der Waals surface area contributed by atoms with Gasteiger partial charge in [0.15, 0.2) is 0 Å². The van der Waals surface area contributed by atoms with E-state index in [4.69, 9.17) is 10.2 Å². The van der Waals surface area contributed by atoms with Gasteiger partial charge in [-0.15, -0.1) is 5.10 Å². The molecule has 4 heterocycles. The molecule has 4 N–H and O–H groups in total. The number of hydrazine groups is 1. The molecule has 0 bridgehead atoms. The molecule has 2 aromatic rings. The summed E-state index contributed by atoms with van der Waals surface area (Å²) in [5, 5.41) is 12.3. The van der Waals surface area contributed by atoms with Crippen LogP contribution in [-0.4, -0.2) is 58.6 Å². The zero-order valence-electron chi connectivity index (χ0n) is 19.3. The number of rotatable bonds is 5. The molecule has 12 heteroatoms. The molecule has 5 rings (SSSR count). The molecule has 1 amide bonds. The van der Waals surface area contributed by atoms with E-state index in [-0.39, 0.29) is 23.5 Å². The Balaban J connectivity index is 1.46. The summed E-state index contributed by atoms with van der Waals surface area (Å²) in [6.45, 7) is 2.90. The first-order valence-corrected chi connectivity index (χ1v) is 11.8. The lowest BCUT2D eigenvalue weighted by Crippen LogP contribution is -2.54. The topological polar surface area (TPSA) is 113 Å². The average molecular weight is 492 g/mol. The van der Waals surface area contributed by atoms with Crippen LogP contribution in [0.4, 0.5) is 19.2 Å². The fourth-order valence-corrected chi connectivity index (χ4v) is 5.32. The Morgan fingerprint density at radius 1 is 1.20 bits per heavy atom. The van der Waals surface area contributed by atoms with Gasteiger partial charge in [0.2, 0.25) is 0 Å². The SMILES string of the molecule is CC1=C(c2nnc(N3CCCCC3CCN)o2)C(=O)N2NC(C(F)(F)F)C(c3ccccc3)C2N1. The predicted molar refractivity (Wildman–Crippen MR) is 121 cm³/mol. The Morgan fingerprint density at radius 3 is 2.69 bits per heavy atom. The lowest BCUT2D eigenvalue weighted by atomic mass is 9.89. The van der Waals surface area contributed by atoms with Crippen LogP contribution in [0.5, 0.6) is 0 Å². The van der Waals surface area contributed by atoms with E-state index in [2.05, 4.69) is 20.9 Å². The molecule has 9 nitrogen and oxygen atoms in total. The first kappa shape index (κ1) is 23.6. The first-order valence-electron chi connectivity index (χ1n) is 11.8. The lowest BCUT2D eigenvalue weighted by molar-refractivity contribution is -0.161. The third kappa shape index (κ3) is 4.25. The van der Waals surface area contributed by atoms with Gasteiger partial charge in [-0.1, -0.05) is 35.4 Å². The molecule has 2 fully saturated rings. The normalized spacial score (nSPS) is 27.3. The maximum absolute atomic E-state index is 14.0. The number of hydrogen-bond acceptors (Lipinski definition) is 8. The van der Waals surface area contributed by atoms with Crippen LogP contribution >= 0.6 is 0 Å². The number of carbonyl (C=O) groups is 1. The summed E-state index contributed by atoms with van der Waals surface area (Å²) in [6.07, 6.45) is -1.72. The third-order valence-corrected chi connectivity index (χ3v) is 6.97. The molecule has 0 saturated carbocycles. The van der Waals surface area contributed by atoms with Gasteiger partial charge in [-0.3, -0.25) is 4.79 Å². The van der Waals surface area contributed by atoms with Crippen LogP contribution in [0.3, 0.4) is 0 Å². The molecule has 4 atom stereocenters. The van der Waals surface area contributed by atoms with Crippen molar-refractivity contribution in [1.82, 2.24) is 25.9 Å². The Labute approximate surface area is 200 Å². The minimum absolute atomic E-state index is 0.0287. The maximum Gasteiger partial charge on any atom is 0.406 e. The summed E-state index contributed by atoms with van der Waals surface area (Å²) in [4.78, 5) is 15.5. The van der Waals surface area contributed by atoms with Gasteiger partial charge in [-0.2, -0.15) is 13.2 Å². The molecule has 3 aliphatic rings. The molecule has 35 heavy (non-hydrogen) atoms. The number of hydrogen-bond donors (Lipinski definition) is 3. The molecular weight excluding hydrogens is 463 g/mol. The summed E-state index contributed by atoms with van der Waals surface area (Å²) in [7, 11) is 0. The molecule has 0 radical (unpaired) electrons. The monoisotopic (exact) mass is 491 g/mol. The summed E-state index contributed by atoms with van der Waals surface area (Å²) in [5.41, 5.74) is 9.06. The largest absolute Gasteiger partial charge is 0.406 e. The quantitative estimate of drug-likeness (QED) is 0.585. The van der Waals surface area contributed by atoms with Crippen molar-refractivity contribution < 1.29 is 22.4 Å². The van der Waals surface area contributed by atoms with Crippen LogP contribution in [0.15, 0.2) is 40.4 Å². The van der Waals surface area contributed by atoms with E-state index >= 15 is 0 Å². The van der Waals surface area contributed by atoms with Gasteiger partial charge < -0.3 is 20.4 Å². The van der Waals surface area contributed by atoms with E-state index < -0.39 is 30.2 Å². The van der Waals surface area contributed by atoms with Crippen molar-refractivity contribution in [3.05, 3.63) is 47.5 Å². The number of aromatic nitrogens is 2. The van der Waals surface area contributed by atoms with Gasteiger partial charge >= 0.3 is 12.2 Å². The van der Waals surface area contributed by atoms with E-state index in [1.54, 1.807) is 37.3 Å². The number of nitrogens with zero attached hydrogens (tertiary/aromatic N) is 4. The van der Waals surface area contributed by atoms with Crippen LogP contribution in [0.1, 0.15) is 50.0 Å². The highest BCUT2D eigenvalue weighted by molar-refractivity contribution is 6.19. The molecule has 1 aromatic carbocycles. The Morgan fingerprint density at radius 2 is 1.97 bits per heavy atom. The van der Waals surface area contributed by atoms with Crippen molar-refractivity contribution in [3.8, 4) is 0 Å². The van der Waals surface area contributed by atoms with E-state index in [1.165, 1.54) is 0 Å². The minimum Gasteiger partial charge on any atom is -0.403 e. The highest BCUT2D eigenvalue weighted by atomic mass is 19.4. The summed E-state index contributed by atoms with van der Waals surface area (Å²) in [6, 6.07) is 6.89. The average Bonchev–Trinajstić information content (AvgIpc) is 3.46. The van der Waals surface area contributed by atoms with E-state index in [1.807, 2.05) is 4.90 Å². The minimum atomic E-state index is -4.57. The number of piperidine rings is 1. The second-order valence-electron chi connectivity index (χ2n) is 9.16. The maximum atomic E-state index is 14.0. The number of nitrogens with one attached hydrogen (secondary N) is 2. The first-order chi connectivity index (χ1) is 16.8. The summed E-state index contributed by atoms with van der Waals surface area (Å²) < 4.78 is 47.9. The zero-order valence-corrected chi connectivity index (χ0v) is 19.3. The van der Waals surface area contributed by atoms with E-state index in [0.717, 1.165) is 37.2 Å². The van der Waals surface area contributed by atoms with Crippen molar-refractivity contribution in [2.75, 3.05) is 18.0 Å². The number of benzene rings is 1. The number of amides is 1. The van der Waals surface area contributed by atoms with Crippen LogP contribution in [0, 0.1) is 0 Å². The molecule has 2 saturated heterocycles.